The van der Waals surface area contributed by atoms with Gasteiger partial charge in [-0.05, 0) is 55.6 Å². The van der Waals surface area contributed by atoms with E-state index in [1.54, 1.807) is 11.3 Å². The molecule has 0 radical (unpaired) electrons. The number of H-pyrrole nitrogens is 2. The average Bonchev–Trinajstić information content (AvgIpc) is 3.52. The minimum Gasteiger partial charge on any atom is -0.353 e. The molecule has 5 aromatic rings. The highest BCUT2D eigenvalue weighted by atomic mass is 32.1. The molecule has 1 saturated heterocycles. The van der Waals surface area contributed by atoms with Crippen molar-refractivity contribution in [2.45, 2.75) is 18.8 Å². The van der Waals surface area contributed by atoms with Gasteiger partial charge in [-0.3, -0.25) is 15.1 Å². The molecule has 6 rings (SSSR count). The molecule has 6 nitrogen and oxygen atoms in total. The van der Waals surface area contributed by atoms with E-state index in [1.807, 2.05) is 18.5 Å². The van der Waals surface area contributed by atoms with Gasteiger partial charge >= 0.3 is 0 Å². The minimum absolute atomic E-state index is 0.515. The summed E-state index contributed by atoms with van der Waals surface area (Å²) in [5.74, 6) is 0.515. The number of piperidine rings is 1. The lowest BCUT2D eigenvalue weighted by Gasteiger charge is -2.22. The highest BCUT2D eigenvalue weighted by Crippen LogP contribution is 2.35. The molecule has 1 aliphatic rings. The van der Waals surface area contributed by atoms with Gasteiger partial charge in [-0.2, -0.15) is 5.10 Å². The second-order valence-corrected chi connectivity index (χ2v) is 8.48. The Kier molecular flexibility index (Phi) is 3.95. The number of hydrogen-bond donors (Lipinski definition) is 3. The Hall–Kier alpha value is -3.03. The Morgan fingerprint density at radius 2 is 1.86 bits per heavy atom. The largest absolute Gasteiger partial charge is 0.353 e. The summed E-state index contributed by atoms with van der Waals surface area (Å²) in [6.07, 6.45) is 6.05. The molecular formula is C22H20N6S. The third kappa shape index (κ3) is 2.85. The summed E-state index contributed by atoms with van der Waals surface area (Å²) in [6.45, 7) is 2.12. The van der Waals surface area contributed by atoms with Gasteiger partial charge in [0.1, 0.15) is 5.69 Å². The van der Waals surface area contributed by atoms with Crippen molar-refractivity contribution in [3.8, 4) is 22.0 Å². The van der Waals surface area contributed by atoms with Crippen molar-refractivity contribution in [2.24, 2.45) is 0 Å². The minimum atomic E-state index is 0.515. The first-order valence-electron chi connectivity index (χ1n) is 9.93. The molecule has 0 unspecified atom stereocenters. The summed E-state index contributed by atoms with van der Waals surface area (Å²) in [5.41, 5.74) is 6.15. The second kappa shape index (κ2) is 6.79. The standard InChI is InChI=1S/C22H20N6S/c1-2-20(29-9-1)22-14-11-18(26-16(14)5-8-24-22)21-15-10-17(13-3-6-23-7-4-13)25-12-19(15)27-28-21/h1-2,5,8-13,23,26H,3-4,6-7H2,(H,27,28). The third-order valence-electron chi connectivity index (χ3n) is 5.78. The van der Waals surface area contributed by atoms with E-state index in [-0.39, 0.29) is 0 Å². The van der Waals surface area contributed by atoms with Gasteiger partial charge in [0.2, 0.25) is 0 Å². The van der Waals surface area contributed by atoms with Crippen LogP contribution in [0, 0.1) is 0 Å². The molecule has 6 heterocycles. The highest BCUT2D eigenvalue weighted by molar-refractivity contribution is 7.13. The van der Waals surface area contributed by atoms with E-state index in [1.165, 1.54) is 10.6 Å². The van der Waals surface area contributed by atoms with Crippen LogP contribution in [0.25, 0.3) is 43.8 Å². The summed E-state index contributed by atoms with van der Waals surface area (Å²) < 4.78 is 0. The normalized spacial score (nSPS) is 15.4. The van der Waals surface area contributed by atoms with E-state index in [0.717, 1.165) is 64.8 Å². The molecule has 144 valence electrons. The van der Waals surface area contributed by atoms with Crippen LogP contribution in [0.2, 0.25) is 0 Å². The predicted molar refractivity (Wildman–Crippen MR) is 117 cm³/mol. The Morgan fingerprint density at radius 1 is 0.966 bits per heavy atom. The molecule has 0 aromatic carbocycles. The van der Waals surface area contributed by atoms with E-state index in [4.69, 9.17) is 4.98 Å². The topological polar surface area (TPSA) is 82.3 Å². The number of nitrogens with one attached hydrogen (secondary N) is 3. The van der Waals surface area contributed by atoms with Crippen LogP contribution in [0.15, 0.2) is 48.1 Å². The molecule has 7 heteroatoms. The predicted octanol–water partition coefficient (Wildman–Crippen LogP) is 4.70. The van der Waals surface area contributed by atoms with Crippen LogP contribution < -0.4 is 5.32 Å². The molecule has 0 amide bonds. The summed E-state index contributed by atoms with van der Waals surface area (Å²) in [7, 11) is 0. The van der Waals surface area contributed by atoms with Gasteiger partial charge in [-0.15, -0.1) is 11.3 Å². The molecular weight excluding hydrogens is 380 g/mol. The van der Waals surface area contributed by atoms with Gasteiger partial charge in [0, 0.05) is 34.1 Å². The van der Waals surface area contributed by atoms with Crippen molar-refractivity contribution in [1.82, 2.24) is 30.5 Å². The maximum absolute atomic E-state index is 4.71. The molecule has 3 N–H and O–H groups in total. The van der Waals surface area contributed by atoms with Gasteiger partial charge in [0.15, 0.2) is 0 Å². The SMILES string of the molecule is c1csc(-c2nccc3[nH]c(-c4n[nH]c5cnc(C6CCNCC6)cc45)cc23)c1. The van der Waals surface area contributed by atoms with Crippen LogP contribution in [0.3, 0.4) is 0 Å². The van der Waals surface area contributed by atoms with Gasteiger partial charge in [-0.1, -0.05) is 6.07 Å². The number of fused-ring (bicyclic) bond motifs is 2. The zero-order valence-corrected chi connectivity index (χ0v) is 16.6. The van der Waals surface area contributed by atoms with Gasteiger partial charge in [0.25, 0.3) is 0 Å². The maximum Gasteiger partial charge on any atom is 0.116 e. The van der Waals surface area contributed by atoms with Crippen molar-refractivity contribution in [3.63, 3.8) is 0 Å². The zero-order chi connectivity index (χ0) is 19.2. The summed E-state index contributed by atoms with van der Waals surface area (Å²) in [4.78, 5) is 14.1. The van der Waals surface area contributed by atoms with Gasteiger partial charge in [-0.25, -0.2) is 0 Å². The molecule has 0 saturated carbocycles. The smallest absolute Gasteiger partial charge is 0.116 e. The van der Waals surface area contributed by atoms with E-state index >= 15 is 0 Å². The fraction of sp³-hybridized carbons (Fsp3) is 0.227. The van der Waals surface area contributed by atoms with Crippen molar-refractivity contribution in [1.29, 1.82) is 0 Å². The van der Waals surface area contributed by atoms with Crippen LogP contribution in [-0.4, -0.2) is 38.2 Å². The first-order chi connectivity index (χ1) is 14.4. The van der Waals surface area contributed by atoms with Crippen LogP contribution in [0.1, 0.15) is 24.5 Å². The number of pyridine rings is 2. The average molecular weight is 401 g/mol. The highest BCUT2D eigenvalue weighted by Gasteiger charge is 2.19. The van der Waals surface area contributed by atoms with E-state index in [2.05, 4.69) is 55.1 Å². The van der Waals surface area contributed by atoms with E-state index in [9.17, 15) is 0 Å². The summed E-state index contributed by atoms with van der Waals surface area (Å²) in [6, 6.07) is 10.6. The lowest BCUT2D eigenvalue weighted by atomic mass is 9.93. The Balaban J connectivity index is 1.48. The molecule has 0 bridgehead atoms. The molecule has 0 atom stereocenters. The number of thiophene rings is 1. The number of hydrogen-bond acceptors (Lipinski definition) is 5. The van der Waals surface area contributed by atoms with Gasteiger partial charge < -0.3 is 10.3 Å². The number of rotatable bonds is 3. The van der Waals surface area contributed by atoms with Crippen molar-refractivity contribution in [2.75, 3.05) is 13.1 Å². The van der Waals surface area contributed by atoms with E-state index < -0.39 is 0 Å². The van der Waals surface area contributed by atoms with Crippen LogP contribution in [0.4, 0.5) is 0 Å². The van der Waals surface area contributed by atoms with Crippen molar-refractivity contribution < 1.29 is 0 Å². The lowest BCUT2D eigenvalue weighted by molar-refractivity contribution is 0.453. The first-order valence-corrected chi connectivity index (χ1v) is 10.8. The number of nitrogens with zero attached hydrogens (tertiary/aromatic N) is 3. The van der Waals surface area contributed by atoms with Crippen LogP contribution in [-0.2, 0) is 0 Å². The molecule has 1 fully saturated rings. The molecule has 0 aliphatic carbocycles. The van der Waals surface area contributed by atoms with Crippen molar-refractivity contribution in [3.05, 3.63) is 53.8 Å². The Bertz CT molecular complexity index is 1290. The zero-order valence-electron chi connectivity index (χ0n) is 15.8. The lowest BCUT2D eigenvalue weighted by Crippen LogP contribution is -2.27. The van der Waals surface area contributed by atoms with Crippen LogP contribution in [0.5, 0.6) is 0 Å². The monoisotopic (exact) mass is 400 g/mol. The fourth-order valence-corrected chi connectivity index (χ4v) is 5.01. The molecule has 29 heavy (non-hydrogen) atoms. The maximum atomic E-state index is 4.71. The fourth-order valence-electron chi connectivity index (χ4n) is 4.27. The first kappa shape index (κ1) is 16.9. The summed E-state index contributed by atoms with van der Waals surface area (Å²) in [5, 5.41) is 15.5. The third-order valence-corrected chi connectivity index (χ3v) is 6.66. The van der Waals surface area contributed by atoms with Crippen LogP contribution >= 0.6 is 11.3 Å². The summed E-state index contributed by atoms with van der Waals surface area (Å²) >= 11 is 1.71. The Morgan fingerprint density at radius 3 is 2.72 bits per heavy atom. The van der Waals surface area contributed by atoms with Gasteiger partial charge in [0.05, 0.1) is 28.0 Å². The second-order valence-electron chi connectivity index (χ2n) is 7.53. The molecule has 0 spiro atoms. The number of aromatic amines is 2. The number of aromatic nitrogens is 5. The van der Waals surface area contributed by atoms with E-state index in [0.29, 0.717) is 5.92 Å². The quantitative estimate of drug-likeness (QED) is 0.410. The Labute approximate surface area is 171 Å². The molecule has 1 aliphatic heterocycles. The molecule has 5 aromatic heterocycles. The van der Waals surface area contributed by atoms with Crippen molar-refractivity contribution >= 4 is 33.1 Å².